The van der Waals surface area contributed by atoms with Crippen molar-refractivity contribution in [2.45, 2.75) is 6.92 Å². The summed E-state index contributed by atoms with van der Waals surface area (Å²) in [5, 5.41) is 2.79. The highest BCUT2D eigenvalue weighted by atomic mass is 16.5. The standard InChI is InChI=1S/C24H24N2O4/c1-3-26(17-23(27)25-19-8-7-11-22(16-19)29-2)24(28)18-12-14-21(15-13-18)30-20-9-5-4-6-10-20/h4-16H,3,17H2,1-2H3,(H,25,27). The first kappa shape index (κ1) is 20.9. The molecule has 30 heavy (non-hydrogen) atoms. The molecule has 0 heterocycles. The van der Waals surface area contributed by atoms with Gasteiger partial charge < -0.3 is 19.7 Å². The molecule has 3 aromatic carbocycles. The van der Waals surface area contributed by atoms with Gasteiger partial charge in [0.1, 0.15) is 23.8 Å². The molecule has 0 radical (unpaired) electrons. The fourth-order valence-corrected chi connectivity index (χ4v) is 2.87. The van der Waals surface area contributed by atoms with E-state index in [4.69, 9.17) is 9.47 Å². The molecule has 0 aliphatic rings. The second kappa shape index (κ2) is 10.1. The van der Waals surface area contributed by atoms with Crippen LogP contribution in [0.3, 0.4) is 0 Å². The van der Waals surface area contributed by atoms with Crippen LogP contribution in [0, 0.1) is 0 Å². The van der Waals surface area contributed by atoms with Crippen molar-refractivity contribution in [1.82, 2.24) is 4.90 Å². The number of nitrogens with zero attached hydrogens (tertiary/aromatic N) is 1. The number of methoxy groups -OCH3 is 1. The Kier molecular flexibility index (Phi) is 7.05. The number of likely N-dealkylation sites (N-methyl/N-ethyl adjacent to an activating group) is 1. The van der Waals surface area contributed by atoms with Gasteiger partial charge >= 0.3 is 0 Å². The van der Waals surface area contributed by atoms with Gasteiger partial charge in [-0.1, -0.05) is 24.3 Å². The summed E-state index contributed by atoms with van der Waals surface area (Å²) < 4.78 is 10.9. The molecule has 154 valence electrons. The van der Waals surface area contributed by atoms with Gasteiger partial charge in [0.05, 0.1) is 7.11 Å². The highest BCUT2D eigenvalue weighted by molar-refractivity contribution is 5.99. The zero-order chi connectivity index (χ0) is 21.3. The number of hydrogen-bond acceptors (Lipinski definition) is 4. The molecule has 0 spiro atoms. The second-order valence-electron chi connectivity index (χ2n) is 6.54. The largest absolute Gasteiger partial charge is 0.497 e. The van der Waals surface area contributed by atoms with Crippen molar-refractivity contribution in [3.63, 3.8) is 0 Å². The highest BCUT2D eigenvalue weighted by Crippen LogP contribution is 2.22. The first-order valence-electron chi connectivity index (χ1n) is 9.65. The molecular weight excluding hydrogens is 380 g/mol. The van der Waals surface area contributed by atoms with Crippen LogP contribution in [0.15, 0.2) is 78.9 Å². The minimum atomic E-state index is -0.275. The number of hydrogen-bond donors (Lipinski definition) is 1. The molecule has 3 aromatic rings. The van der Waals surface area contributed by atoms with Gasteiger partial charge in [0.25, 0.3) is 5.91 Å². The van der Waals surface area contributed by atoms with E-state index in [-0.39, 0.29) is 18.4 Å². The van der Waals surface area contributed by atoms with Gasteiger partial charge in [-0.05, 0) is 55.5 Å². The number of amides is 2. The monoisotopic (exact) mass is 404 g/mol. The van der Waals surface area contributed by atoms with Crippen molar-refractivity contribution in [3.05, 3.63) is 84.4 Å². The van der Waals surface area contributed by atoms with E-state index in [2.05, 4.69) is 5.32 Å². The molecular formula is C24H24N2O4. The van der Waals surface area contributed by atoms with Crippen LogP contribution in [0.25, 0.3) is 0 Å². The average molecular weight is 404 g/mol. The lowest BCUT2D eigenvalue weighted by Gasteiger charge is -2.20. The summed E-state index contributed by atoms with van der Waals surface area (Å²) in [5.74, 6) is 1.51. The molecule has 0 aliphatic carbocycles. The van der Waals surface area contributed by atoms with Crippen molar-refractivity contribution < 1.29 is 19.1 Å². The van der Waals surface area contributed by atoms with Crippen LogP contribution < -0.4 is 14.8 Å². The van der Waals surface area contributed by atoms with Crippen LogP contribution >= 0.6 is 0 Å². The SMILES string of the molecule is CCN(CC(=O)Nc1cccc(OC)c1)C(=O)c1ccc(Oc2ccccc2)cc1. The molecule has 1 N–H and O–H groups in total. The Bertz CT molecular complexity index is 988. The van der Waals surface area contributed by atoms with Gasteiger partial charge in [-0.2, -0.15) is 0 Å². The molecule has 3 rings (SSSR count). The summed E-state index contributed by atoms with van der Waals surface area (Å²) in [5.41, 5.74) is 1.11. The van der Waals surface area contributed by atoms with E-state index in [1.54, 1.807) is 55.6 Å². The molecule has 0 saturated heterocycles. The lowest BCUT2D eigenvalue weighted by Crippen LogP contribution is -2.37. The Hall–Kier alpha value is -3.80. The minimum absolute atomic E-state index is 0.0468. The van der Waals surface area contributed by atoms with Crippen molar-refractivity contribution in [1.29, 1.82) is 0 Å². The van der Waals surface area contributed by atoms with Gasteiger partial charge in [-0.3, -0.25) is 9.59 Å². The predicted molar refractivity (Wildman–Crippen MR) is 116 cm³/mol. The number of benzene rings is 3. The third-order valence-corrected chi connectivity index (χ3v) is 4.44. The van der Waals surface area contributed by atoms with Crippen LogP contribution in [0.4, 0.5) is 5.69 Å². The number of anilines is 1. The first-order valence-corrected chi connectivity index (χ1v) is 9.65. The maximum absolute atomic E-state index is 12.8. The number of nitrogens with one attached hydrogen (secondary N) is 1. The third-order valence-electron chi connectivity index (χ3n) is 4.44. The third kappa shape index (κ3) is 5.61. The summed E-state index contributed by atoms with van der Waals surface area (Å²) in [6.45, 7) is 2.20. The van der Waals surface area contributed by atoms with Crippen molar-refractivity contribution in [3.8, 4) is 17.2 Å². The topological polar surface area (TPSA) is 67.9 Å². The van der Waals surface area contributed by atoms with E-state index in [1.165, 1.54) is 4.90 Å². The van der Waals surface area contributed by atoms with Crippen molar-refractivity contribution in [2.24, 2.45) is 0 Å². The average Bonchev–Trinajstić information content (AvgIpc) is 2.78. The molecule has 0 atom stereocenters. The summed E-state index contributed by atoms with van der Waals surface area (Å²) >= 11 is 0. The molecule has 0 bridgehead atoms. The van der Waals surface area contributed by atoms with E-state index >= 15 is 0 Å². The number of ether oxygens (including phenoxy) is 2. The quantitative estimate of drug-likeness (QED) is 0.596. The van der Waals surface area contributed by atoms with Gasteiger partial charge in [-0.15, -0.1) is 0 Å². The Balaban J connectivity index is 1.61. The zero-order valence-electron chi connectivity index (χ0n) is 17.0. The molecule has 0 saturated carbocycles. The Morgan fingerprint density at radius 1 is 0.867 bits per heavy atom. The lowest BCUT2D eigenvalue weighted by molar-refractivity contribution is -0.116. The van der Waals surface area contributed by atoms with Crippen LogP contribution in [0.2, 0.25) is 0 Å². The Labute approximate surface area is 176 Å². The number of carbonyl (C=O) groups is 2. The predicted octanol–water partition coefficient (Wildman–Crippen LogP) is 4.59. The molecule has 0 unspecified atom stereocenters. The van der Waals surface area contributed by atoms with E-state index in [1.807, 2.05) is 37.3 Å². The van der Waals surface area contributed by atoms with E-state index in [0.717, 1.165) is 5.75 Å². The first-order chi connectivity index (χ1) is 14.6. The Morgan fingerprint density at radius 3 is 2.20 bits per heavy atom. The van der Waals surface area contributed by atoms with Gasteiger partial charge in [-0.25, -0.2) is 0 Å². The molecule has 2 amide bonds. The maximum atomic E-state index is 12.8. The van der Waals surface area contributed by atoms with Crippen LogP contribution in [-0.4, -0.2) is 36.9 Å². The van der Waals surface area contributed by atoms with Gasteiger partial charge in [0, 0.05) is 23.9 Å². The lowest BCUT2D eigenvalue weighted by atomic mass is 10.2. The van der Waals surface area contributed by atoms with Crippen LogP contribution in [-0.2, 0) is 4.79 Å². The molecule has 6 nitrogen and oxygen atoms in total. The fraction of sp³-hybridized carbons (Fsp3) is 0.167. The fourth-order valence-electron chi connectivity index (χ4n) is 2.87. The second-order valence-corrected chi connectivity index (χ2v) is 6.54. The smallest absolute Gasteiger partial charge is 0.254 e. The Morgan fingerprint density at radius 2 is 1.53 bits per heavy atom. The highest BCUT2D eigenvalue weighted by Gasteiger charge is 2.17. The van der Waals surface area contributed by atoms with E-state index < -0.39 is 0 Å². The zero-order valence-corrected chi connectivity index (χ0v) is 17.0. The van der Waals surface area contributed by atoms with E-state index in [9.17, 15) is 9.59 Å². The molecule has 0 fully saturated rings. The van der Waals surface area contributed by atoms with E-state index in [0.29, 0.717) is 29.3 Å². The van der Waals surface area contributed by atoms with Crippen molar-refractivity contribution in [2.75, 3.05) is 25.5 Å². The molecule has 0 aromatic heterocycles. The normalized spacial score (nSPS) is 10.2. The summed E-state index contributed by atoms with van der Waals surface area (Å²) in [7, 11) is 1.56. The van der Waals surface area contributed by atoms with Gasteiger partial charge in [0.15, 0.2) is 0 Å². The molecule has 6 heteroatoms. The summed E-state index contributed by atoms with van der Waals surface area (Å²) in [4.78, 5) is 26.7. The maximum Gasteiger partial charge on any atom is 0.254 e. The van der Waals surface area contributed by atoms with Crippen molar-refractivity contribution >= 4 is 17.5 Å². The minimum Gasteiger partial charge on any atom is -0.497 e. The summed E-state index contributed by atoms with van der Waals surface area (Å²) in [6.07, 6.45) is 0. The molecule has 0 aliphatic heterocycles. The number of carbonyl (C=O) groups excluding carboxylic acids is 2. The van der Waals surface area contributed by atoms with Crippen LogP contribution in [0.5, 0.6) is 17.2 Å². The summed E-state index contributed by atoms with van der Waals surface area (Å²) in [6, 6.07) is 23.4. The van der Waals surface area contributed by atoms with Gasteiger partial charge in [0.2, 0.25) is 5.91 Å². The number of rotatable bonds is 8. The number of para-hydroxylation sites is 1. The van der Waals surface area contributed by atoms with Crippen LogP contribution in [0.1, 0.15) is 17.3 Å².